The van der Waals surface area contributed by atoms with Crippen LogP contribution in [0.4, 0.5) is 0 Å². The molecule has 3 rings (SSSR count). The molecule has 1 saturated heterocycles. The van der Waals surface area contributed by atoms with Crippen molar-refractivity contribution in [3.05, 3.63) is 60.2 Å². The fourth-order valence-corrected chi connectivity index (χ4v) is 5.74. The largest absolute Gasteiger partial charge is 0.355 e. The Balaban J connectivity index is 1.47. The lowest BCUT2D eigenvalue weighted by molar-refractivity contribution is 0.477. The normalized spacial score (nSPS) is 16.4. The molecule has 1 atom stereocenters. The zero-order valence-corrected chi connectivity index (χ0v) is 19.2. The summed E-state index contributed by atoms with van der Waals surface area (Å²) in [5.41, 5.74) is 1.00. The third-order valence-electron chi connectivity index (χ3n) is 4.95. The van der Waals surface area contributed by atoms with E-state index in [4.69, 9.17) is 0 Å². The first kappa shape index (κ1) is 22.7. The summed E-state index contributed by atoms with van der Waals surface area (Å²) in [4.78, 5) is 5.89. The van der Waals surface area contributed by atoms with Gasteiger partial charge in [-0.05, 0) is 42.7 Å². The standard InChI is InChI=1S/C22H30N4O2S2/c1-18(29-20-8-4-3-5-9-20)16-24-22(23-2)25-17-19-10-12-21(13-11-19)30(27,28)26-14-6-7-15-26/h3-5,8-13,18H,6-7,14-17H2,1-2H3,(H2,23,24,25). The number of hydrogen-bond donors (Lipinski definition) is 2. The van der Waals surface area contributed by atoms with Crippen molar-refractivity contribution in [3.8, 4) is 0 Å². The van der Waals surface area contributed by atoms with E-state index in [0.29, 0.717) is 29.8 Å². The van der Waals surface area contributed by atoms with E-state index < -0.39 is 10.0 Å². The van der Waals surface area contributed by atoms with Crippen molar-refractivity contribution < 1.29 is 8.42 Å². The van der Waals surface area contributed by atoms with E-state index >= 15 is 0 Å². The van der Waals surface area contributed by atoms with E-state index in [0.717, 1.165) is 30.9 Å². The molecule has 0 saturated carbocycles. The van der Waals surface area contributed by atoms with Gasteiger partial charge in [-0.15, -0.1) is 11.8 Å². The summed E-state index contributed by atoms with van der Waals surface area (Å²) in [5.74, 6) is 0.726. The first-order valence-electron chi connectivity index (χ1n) is 10.2. The van der Waals surface area contributed by atoms with Crippen LogP contribution in [-0.4, -0.2) is 50.6 Å². The minimum atomic E-state index is -3.36. The number of rotatable bonds is 8. The number of hydrogen-bond acceptors (Lipinski definition) is 4. The molecule has 1 heterocycles. The maximum Gasteiger partial charge on any atom is 0.243 e. The Kier molecular flexibility index (Phi) is 8.18. The highest BCUT2D eigenvalue weighted by molar-refractivity contribution is 8.00. The van der Waals surface area contributed by atoms with Crippen LogP contribution < -0.4 is 10.6 Å². The SMILES string of the molecule is CN=C(NCc1ccc(S(=O)(=O)N2CCCC2)cc1)NCC(C)Sc1ccccc1. The van der Waals surface area contributed by atoms with Crippen molar-refractivity contribution in [1.82, 2.24) is 14.9 Å². The Morgan fingerprint density at radius 1 is 1.07 bits per heavy atom. The first-order chi connectivity index (χ1) is 14.5. The predicted octanol–water partition coefficient (Wildman–Crippen LogP) is 3.32. The molecule has 1 aliphatic heterocycles. The van der Waals surface area contributed by atoms with Gasteiger partial charge in [-0.3, -0.25) is 4.99 Å². The summed E-state index contributed by atoms with van der Waals surface area (Å²) in [6.07, 6.45) is 1.88. The van der Waals surface area contributed by atoms with Gasteiger partial charge in [-0.2, -0.15) is 4.31 Å². The minimum Gasteiger partial charge on any atom is -0.355 e. The molecule has 0 aromatic heterocycles. The molecule has 0 bridgehead atoms. The zero-order chi connectivity index (χ0) is 21.4. The molecule has 162 valence electrons. The number of nitrogens with zero attached hydrogens (tertiary/aromatic N) is 2. The van der Waals surface area contributed by atoms with Crippen LogP contribution >= 0.6 is 11.8 Å². The highest BCUT2D eigenvalue weighted by atomic mass is 32.2. The van der Waals surface area contributed by atoms with Crippen LogP contribution in [0.1, 0.15) is 25.3 Å². The smallest absolute Gasteiger partial charge is 0.243 e. The minimum absolute atomic E-state index is 0.363. The van der Waals surface area contributed by atoms with E-state index in [2.05, 4.69) is 34.7 Å². The van der Waals surface area contributed by atoms with Gasteiger partial charge in [-0.25, -0.2) is 8.42 Å². The Bertz CT molecular complexity index is 925. The third kappa shape index (κ3) is 6.23. The van der Waals surface area contributed by atoms with Gasteiger partial charge in [0.1, 0.15) is 0 Å². The Labute approximate surface area is 184 Å². The summed E-state index contributed by atoms with van der Waals surface area (Å²) < 4.78 is 26.8. The zero-order valence-electron chi connectivity index (χ0n) is 17.5. The Morgan fingerprint density at radius 3 is 2.37 bits per heavy atom. The van der Waals surface area contributed by atoms with Gasteiger partial charge < -0.3 is 10.6 Å². The molecule has 1 unspecified atom stereocenters. The summed E-state index contributed by atoms with van der Waals surface area (Å²) in [6.45, 7) is 4.77. The van der Waals surface area contributed by atoms with Gasteiger partial charge >= 0.3 is 0 Å². The lowest BCUT2D eigenvalue weighted by atomic mass is 10.2. The number of nitrogens with one attached hydrogen (secondary N) is 2. The van der Waals surface area contributed by atoms with Crippen LogP contribution in [0.5, 0.6) is 0 Å². The Hall–Kier alpha value is -2.03. The van der Waals surface area contributed by atoms with E-state index in [1.807, 2.05) is 42.1 Å². The van der Waals surface area contributed by atoms with Crippen molar-refractivity contribution >= 4 is 27.7 Å². The second-order valence-electron chi connectivity index (χ2n) is 7.30. The lowest BCUT2D eigenvalue weighted by Crippen LogP contribution is -2.39. The van der Waals surface area contributed by atoms with Crippen molar-refractivity contribution in [1.29, 1.82) is 0 Å². The second-order valence-corrected chi connectivity index (χ2v) is 10.8. The van der Waals surface area contributed by atoms with Crippen LogP contribution in [0.2, 0.25) is 0 Å². The fourth-order valence-electron chi connectivity index (χ4n) is 3.28. The topological polar surface area (TPSA) is 73.8 Å². The first-order valence-corrected chi connectivity index (χ1v) is 12.6. The molecule has 6 nitrogen and oxygen atoms in total. The molecule has 0 spiro atoms. The van der Waals surface area contributed by atoms with Crippen molar-refractivity contribution in [2.24, 2.45) is 4.99 Å². The molecule has 2 aromatic carbocycles. The molecule has 0 radical (unpaired) electrons. The molecule has 2 N–H and O–H groups in total. The monoisotopic (exact) mass is 446 g/mol. The summed E-state index contributed by atoms with van der Waals surface area (Å²) in [6, 6.07) is 17.4. The van der Waals surface area contributed by atoms with Gasteiger partial charge in [0.2, 0.25) is 10.0 Å². The molecule has 1 fully saturated rings. The number of aliphatic imine (C=N–C) groups is 1. The van der Waals surface area contributed by atoms with Crippen LogP contribution in [-0.2, 0) is 16.6 Å². The third-order valence-corrected chi connectivity index (χ3v) is 7.97. The fraction of sp³-hybridized carbons (Fsp3) is 0.409. The molecule has 30 heavy (non-hydrogen) atoms. The van der Waals surface area contributed by atoms with Crippen LogP contribution in [0.3, 0.4) is 0 Å². The molecular formula is C22H30N4O2S2. The molecule has 8 heteroatoms. The summed E-state index contributed by atoms with van der Waals surface area (Å²) in [5, 5.41) is 7.03. The van der Waals surface area contributed by atoms with Crippen molar-refractivity contribution in [2.45, 2.75) is 41.4 Å². The average Bonchev–Trinajstić information content (AvgIpc) is 3.31. The number of guanidine groups is 1. The molecule has 0 aliphatic carbocycles. The maximum absolute atomic E-state index is 12.6. The maximum atomic E-state index is 12.6. The van der Waals surface area contributed by atoms with E-state index in [-0.39, 0.29) is 0 Å². The molecule has 0 amide bonds. The quantitative estimate of drug-likeness (QED) is 0.370. The number of thioether (sulfide) groups is 1. The number of sulfonamides is 1. The van der Waals surface area contributed by atoms with Gasteiger partial charge in [0, 0.05) is 43.4 Å². The highest BCUT2D eigenvalue weighted by Gasteiger charge is 2.26. The van der Waals surface area contributed by atoms with Gasteiger partial charge in [-0.1, -0.05) is 37.3 Å². The number of benzene rings is 2. The molecular weight excluding hydrogens is 416 g/mol. The summed E-state index contributed by atoms with van der Waals surface area (Å²) >= 11 is 1.82. The van der Waals surface area contributed by atoms with Crippen LogP contribution in [0, 0.1) is 0 Å². The van der Waals surface area contributed by atoms with Crippen molar-refractivity contribution in [3.63, 3.8) is 0 Å². The van der Waals surface area contributed by atoms with E-state index in [9.17, 15) is 8.42 Å². The van der Waals surface area contributed by atoms with E-state index in [1.165, 1.54) is 4.90 Å². The molecule has 1 aliphatic rings. The van der Waals surface area contributed by atoms with Gasteiger partial charge in [0.15, 0.2) is 5.96 Å². The second kappa shape index (κ2) is 10.8. The van der Waals surface area contributed by atoms with Gasteiger partial charge in [0.05, 0.1) is 4.90 Å². The highest BCUT2D eigenvalue weighted by Crippen LogP contribution is 2.22. The predicted molar refractivity (Wildman–Crippen MR) is 124 cm³/mol. The van der Waals surface area contributed by atoms with E-state index in [1.54, 1.807) is 23.5 Å². The van der Waals surface area contributed by atoms with Crippen LogP contribution in [0.25, 0.3) is 0 Å². The molecule has 2 aromatic rings. The average molecular weight is 447 g/mol. The van der Waals surface area contributed by atoms with Crippen molar-refractivity contribution in [2.75, 3.05) is 26.7 Å². The summed E-state index contributed by atoms with van der Waals surface area (Å²) in [7, 11) is -1.61. The Morgan fingerprint density at radius 2 is 1.73 bits per heavy atom. The lowest BCUT2D eigenvalue weighted by Gasteiger charge is -2.17. The van der Waals surface area contributed by atoms with Crippen LogP contribution in [0.15, 0.2) is 69.4 Å². The van der Waals surface area contributed by atoms with Gasteiger partial charge in [0.25, 0.3) is 0 Å².